The number of halogens is 2. The molecule has 4 heteroatoms. The van der Waals surface area contributed by atoms with Gasteiger partial charge in [0.2, 0.25) is 0 Å². The summed E-state index contributed by atoms with van der Waals surface area (Å²) in [6.45, 7) is 2.99. The highest BCUT2D eigenvalue weighted by molar-refractivity contribution is 6.43. The van der Waals surface area contributed by atoms with Gasteiger partial charge >= 0.3 is 0 Å². The zero-order valence-corrected chi connectivity index (χ0v) is 8.58. The average molecular weight is 219 g/mol. The van der Waals surface area contributed by atoms with E-state index in [-0.39, 0.29) is 0 Å². The zero-order chi connectivity index (χ0) is 9.42. The summed E-state index contributed by atoms with van der Waals surface area (Å²) in [5.41, 5.74) is 0.948. The van der Waals surface area contributed by atoms with E-state index in [1.807, 2.05) is 6.92 Å². The van der Waals surface area contributed by atoms with E-state index in [1.54, 1.807) is 6.07 Å². The monoisotopic (exact) mass is 218 g/mol. The van der Waals surface area contributed by atoms with Gasteiger partial charge in [-0.25, -0.2) is 0 Å². The van der Waals surface area contributed by atoms with Gasteiger partial charge in [-0.2, -0.15) is 0 Å². The molecule has 70 valence electrons. The summed E-state index contributed by atoms with van der Waals surface area (Å²) in [5.74, 6) is 1.28. The molecule has 0 bridgehead atoms. The van der Waals surface area contributed by atoms with E-state index in [9.17, 15) is 0 Å². The van der Waals surface area contributed by atoms with Crippen molar-refractivity contribution in [2.24, 2.45) is 0 Å². The summed E-state index contributed by atoms with van der Waals surface area (Å²) in [4.78, 5) is 0. The predicted molar refractivity (Wildman–Crippen MR) is 52.2 cm³/mol. The Kier molecular flexibility index (Phi) is 2.26. The summed E-state index contributed by atoms with van der Waals surface area (Å²) in [5, 5.41) is 0.936. The first-order chi connectivity index (χ1) is 6.20. The molecule has 1 aromatic carbocycles. The highest BCUT2D eigenvalue weighted by atomic mass is 35.5. The van der Waals surface area contributed by atoms with Crippen LogP contribution in [0.25, 0.3) is 0 Å². The standard InChI is InChI=1S/C9H8Cl2O2/c1-5-4-6(10)7(11)9-8(5)12-2-3-13-9/h4H,2-3H2,1H3. The maximum absolute atomic E-state index is 5.95. The first-order valence-corrected chi connectivity index (χ1v) is 4.70. The van der Waals surface area contributed by atoms with Gasteiger partial charge in [0.15, 0.2) is 11.5 Å². The van der Waals surface area contributed by atoms with Crippen molar-refractivity contribution in [3.63, 3.8) is 0 Å². The quantitative estimate of drug-likeness (QED) is 0.667. The van der Waals surface area contributed by atoms with Gasteiger partial charge in [0, 0.05) is 0 Å². The van der Waals surface area contributed by atoms with Gasteiger partial charge in [-0.3, -0.25) is 0 Å². The molecule has 0 aromatic heterocycles. The van der Waals surface area contributed by atoms with Gasteiger partial charge in [0.1, 0.15) is 18.2 Å². The number of rotatable bonds is 0. The van der Waals surface area contributed by atoms with Crippen molar-refractivity contribution < 1.29 is 9.47 Å². The van der Waals surface area contributed by atoms with Gasteiger partial charge in [-0.15, -0.1) is 0 Å². The van der Waals surface area contributed by atoms with Crippen molar-refractivity contribution in [3.8, 4) is 11.5 Å². The number of hydrogen-bond donors (Lipinski definition) is 0. The summed E-state index contributed by atoms with van der Waals surface area (Å²) in [6.07, 6.45) is 0. The number of benzene rings is 1. The lowest BCUT2D eigenvalue weighted by Crippen LogP contribution is -2.16. The van der Waals surface area contributed by atoms with Crippen molar-refractivity contribution in [2.45, 2.75) is 6.92 Å². The molecule has 1 aliphatic rings. The molecule has 1 heterocycles. The Bertz CT molecular complexity index is 350. The molecule has 0 radical (unpaired) electrons. The largest absolute Gasteiger partial charge is 0.486 e. The lowest BCUT2D eigenvalue weighted by Gasteiger charge is -2.21. The molecule has 1 aromatic rings. The third-order valence-electron chi connectivity index (χ3n) is 1.89. The average Bonchev–Trinajstić information content (AvgIpc) is 2.15. The van der Waals surface area contributed by atoms with Crippen LogP contribution in [0.3, 0.4) is 0 Å². The van der Waals surface area contributed by atoms with Crippen molar-refractivity contribution in [1.29, 1.82) is 0 Å². The smallest absolute Gasteiger partial charge is 0.181 e. The zero-order valence-electron chi connectivity index (χ0n) is 7.06. The maximum atomic E-state index is 5.95. The summed E-state index contributed by atoms with van der Waals surface area (Å²) < 4.78 is 10.8. The summed E-state index contributed by atoms with van der Waals surface area (Å²) in [6, 6.07) is 1.78. The van der Waals surface area contributed by atoms with Gasteiger partial charge in [0.05, 0.1) is 5.02 Å². The molecule has 13 heavy (non-hydrogen) atoms. The fourth-order valence-corrected chi connectivity index (χ4v) is 1.75. The summed E-state index contributed by atoms with van der Waals surface area (Å²) in [7, 11) is 0. The van der Waals surface area contributed by atoms with Crippen molar-refractivity contribution >= 4 is 23.2 Å². The molecule has 0 amide bonds. The Morgan fingerprint density at radius 1 is 1.15 bits per heavy atom. The van der Waals surface area contributed by atoms with Gasteiger partial charge in [-0.05, 0) is 18.6 Å². The molecule has 0 N–H and O–H groups in total. The molecule has 0 spiro atoms. The van der Waals surface area contributed by atoms with Crippen LogP contribution in [0.1, 0.15) is 5.56 Å². The minimum atomic E-state index is 0.432. The van der Waals surface area contributed by atoms with E-state index in [0.717, 1.165) is 5.56 Å². The van der Waals surface area contributed by atoms with Gasteiger partial charge in [-0.1, -0.05) is 23.2 Å². The Labute approximate surface area is 86.4 Å². The van der Waals surface area contributed by atoms with Crippen LogP contribution in [0.4, 0.5) is 0 Å². The van der Waals surface area contributed by atoms with Crippen molar-refractivity contribution in [3.05, 3.63) is 21.7 Å². The van der Waals surface area contributed by atoms with Crippen molar-refractivity contribution in [2.75, 3.05) is 13.2 Å². The normalized spacial score (nSPS) is 14.4. The predicted octanol–water partition coefficient (Wildman–Crippen LogP) is 3.07. The number of hydrogen-bond acceptors (Lipinski definition) is 2. The fraction of sp³-hybridized carbons (Fsp3) is 0.333. The maximum Gasteiger partial charge on any atom is 0.181 e. The van der Waals surface area contributed by atoms with E-state index >= 15 is 0 Å². The van der Waals surface area contributed by atoms with Gasteiger partial charge in [0.25, 0.3) is 0 Å². The lowest BCUT2D eigenvalue weighted by molar-refractivity contribution is 0.170. The minimum absolute atomic E-state index is 0.432. The highest BCUT2D eigenvalue weighted by Crippen LogP contribution is 2.43. The molecule has 0 saturated carbocycles. The van der Waals surface area contributed by atoms with Crippen molar-refractivity contribution in [1.82, 2.24) is 0 Å². The van der Waals surface area contributed by atoms with E-state index in [4.69, 9.17) is 32.7 Å². The van der Waals surface area contributed by atoms with Crippen LogP contribution in [0.2, 0.25) is 10.0 Å². The fourth-order valence-electron chi connectivity index (χ4n) is 1.30. The Morgan fingerprint density at radius 2 is 1.77 bits per heavy atom. The third-order valence-corrected chi connectivity index (χ3v) is 2.66. The SMILES string of the molecule is Cc1cc(Cl)c(Cl)c2c1OCCO2. The van der Waals surface area contributed by atoms with Crippen LogP contribution in [0.15, 0.2) is 6.07 Å². The Morgan fingerprint density at radius 3 is 2.46 bits per heavy atom. The second-order valence-corrected chi connectivity index (χ2v) is 3.63. The molecule has 2 nitrogen and oxygen atoms in total. The lowest BCUT2D eigenvalue weighted by atomic mass is 10.2. The molecular formula is C9H8Cl2O2. The van der Waals surface area contributed by atoms with Crippen LogP contribution >= 0.6 is 23.2 Å². The minimum Gasteiger partial charge on any atom is -0.486 e. The summed E-state index contributed by atoms with van der Waals surface area (Å²) >= 11 is 11.8. The van der Waals surface area contributed by atoms with Gasteiger partial charge < -0.3 is 9.47 Å². The molecule has 2 rings (SSSR count). The highest BCUT2D eigenvalue weighted by Gasteiger charge is 2.19. The van der Waals surface area contributed by atoms with E-state index < -0.39 is 0 Å². The number of aryl methyl sites for hydroxylation is 1. The van der Waals surface area contributed by atoms with Crippen LogP contribution in [-0.2, 0) is 0 Å². The molecule has 1 aliphatic heterocycles. The molecular weight excluding hydrogens is 211 g/mol. The van der Waals surface area contributed by atoms with Crippen LogP contribution in [-0.4, -0.2) is 13.2 Å². The van der Waals surface area contributed by atoms with Crippen LogP contribution in [0.5, 0.6) is 11.5 Å². The van der Waals surface area contributed by atoms with E-state index in [0.29, 0.717) is 34.8 Å². The molecule has 0 fully saturated rings. The van der Waals surface area contributed by atoms with Crippen LogP contribution < -0.4 is 9.47 Å². The van der Waals surface area contributed by atoms with E-state index in [2.05, 4.69) is 0 Å². The second-order valence-electron chi connectivity index (χ2n) is 2.84. The van der Waals surface area contributed by atoms with Crippen LogP contribution in [0, 0.1) is 6.92 Å². The molecule has 0 atom stereocenters. The van der Waals surface area contributed by atoms with E-state index in [1.165, 1.54) is 0 Å². The second kappa shape index (κ2) is 3.28. The first-order valence-electron chi connectivity index (χ1n) is 3.94. The topological polar surface area (TPSA) is 18.5 Å². The Hall–Kier alpha value is -0.600. The number of ether oxygens (including phenoxy) is 2. The molecule has 0 aliphatic carbocycles. The number of fused-ring (bicyclic) bond motifs is 1. The first kappa shape index (κ1) is 8.97. The molecule has 0 saturated heterocycles. The molecule has 0 unspecified atom stereocenters. The Balaban J connectivity index is 2.63. The third kappa shape index (κ3) is 1.45.